The van der Waals surface area contributed by atoms with Gasteiger partial charge in [-0.3, -0.25) is 4.48 Å². The Labute approximate surface area is 93.1 Å². The molecule has 1 rings (SSSR count). The molecule has 0 atom stereocenters. The highest BCUT2D eigenvalue weighted by Crippen LogP contribution is 2.17. The van der Waals surface area contributed by atoms with Crippen LogP contribution in [0.3, 0.4) is 0 Å². The van der Waals surface area contributed by atoms with Crippen molar-refractivity contribution in [3.8, 4) is 0 Å². The minimum Gasteiger partial charge on any atom is -1.00 e. The number of quaternary nitrogens is 1. The predicted molar refractivity (Wildman–Crippen MR) is 59.9 cm³/mol. The Hall–Kier alpha value is -0.790. The Morgan fingerprint density at radius 3 is 2.00 bits per heavy atom. The average Bonchev–Trinajstić information content (AvgIpc) is 2.04. The molecule has 0 aliphatic carbocycles. The summed E-state index contributed by atoms with van der Waals surface area (Å²) in [6.45, 7) is 3.72. The van der Waals surface area contributed by atoms with Gasteiger partial charge in [0.05, 0.1) is 21.1 Å². The SMILES string of the molecule is C=CCc1ccc([N+](C)(C)C)cc1.[Cl-]. The van der Waals surface area contributed by atoms with Crippen LogP contribution in [0.15, 0.2) is 36.9 Å². The quantitative estimate of drug-likeness (QED) is 0.472. The highest BCUT2D eigenvalue weighted by atomic mass is 35.5. The van der Waals surface area contributed by atoms with Crippen molar-refractivity contribution >= 4 is 5.69 Å². The Kier molecular flexibility index (Phi) is 4.89. The van der Waals surface area contributed by atoms with E-state index in [9.17, 15) is 0 Å². The maximum absolute atomic E-state index is 3.72. The van der Waals surface area contributed by atoms with E-state index in [4.69, 9.17) is 0 Å². The van der Waals surface area contributed by atoms with Gasteiger partial charge in [0.25, 0.3) is 0 Å². The van der Waals surface area contributed by atoms with Crippen LogP contribution in [-0.2, 0) is 6.42 Å². The smallest absolute Gasteiger partial charge is 0.132 e. The van der Waals surface area contributed by atoms with E-state index < -0.39 is 0 Å². The van der Waals surface area contributed by atoms with E-state index in [1.165, 1.54) is 11.3 Å². The van der Waals surface area contributed by atoms with Crippen molar-refractivity contribution in [3.05, 3.63) is 42.5 Å². The maximum Gasteiger partial charge on any atom is 0.132 e. The molecule has 0 unspecified atom stereocenters. The van der Waals surface area contributed by atoms with Crippen LogP contribution >= 0.6 is 0 Å². The van der Waals surface area contributed by atoms with Crippen molar-refractivity contribution in [2.75, 3.05) is 21.1 Å². The Bertz CT molecular complexity index is 282. The zero-order valence-electron chi connectivity index (χ0n) is 9.13. The van der Waals surface area contributed by atoms with Crippen LogP contribution in [-0.4, -0.2) is 21.1 Å². The molecule has 0 radical (unpaired) electrons. The molecule has 1 aromatic carbocycles. The molecule has 1 nitrogen and oxygen atoms in total. The minimum atomic E-state index is 0. The van der Waals surface area contributed by atoms with Gasteiger partial charge in [0.1, 0.15) is 5.69 Å². The summed E-state index contributed by atoms with van der Waals surface area (Å²) < 4.78 is 0.869. The Balaban J connectivity index is 0.00000169. The fourth-order valence-corrected chi connectivity index (χ4v) is 1.25. The monoisotopic (exact) mass is 211 g/mol. The van der Waals surface area contributed by atoms with Gasteiger partial charge >= 0.3 is 0 Å². The minimum absolute atomic E-state index is 0. The van der Waals surface area contributed by atoms with Gasteiger partial charge in [-0.15, -0.1) is 6.58 Å². The summed E-state index contributed by atoms with van der Waals surface area (Å²) in [6, 6.07) is 8.69. The van der Waals surface area contributed by atoms with Gasteiger partial charge in [0, 0.05) is 0 Å². The lowest BCUT2D eigenvalue weighted by atomic mass is 10.1. The molecule has 0 aliphatic rings. The van der Waals surface area contributed by atoms with Crippen molar-refractivity contribution < 1.29 is 12.4 Å². The normalized spacial score (nSPS) is 10.5. The largest absolute Gasteiger partial charge is 1.00 e. The van der Waals surface area contributed by atoms with Gasteiger partial charge in [-0.05, 0) is 24.1 Å². The van der Waals surface area contributed by atoms with Gasteiger partial charge in [-0.1, -0.05) is 18.2 Å². The molecular weight excluding hydrogens is 194 g/mol. The molecular formula is C12H18ClN. The molecule has 0 saturated heterocycles. The van der Waals surface area contributed by atoms with Crippen LogP contribution in [0.4, 0.5) is 5.69 Å². The first-order chi connectivity index (χ1) is 6.04. The van der Waals surface area contributed by atoms with Crippen LogP contribution in [0.2, 0.25) is 0 Å². The van der Waals surface area contributed by atoms with Gasteiger partial charge in [0.15, 0.2) is 0 Å². The van der Waals surface area contributed by atoms with E-state index >= 15 is 0 Å². The lowest BCUT2D eigenvalue weighted by Crippen LogP contribution is -3.00. The summed E-state index contributed by atoms with van der Waals surface area (Å²) in [5.41, 5.74) is 2.65. The molecule has 0 amide bonds. The molecule has 0 fully saturated rings. The van der Waals surface area contributed by atoms with E-state index in [1.807, 2.05) is 6.08 Å². The summed E-state index contributed by atoms with van der Waals surface area (Å²) >= 11 is 0. The molecule has 0 saturated carbocycles. The van der Waals surface area contributed by atoms with E-state index in [0.29, 0.717) is 0 Å². The van der Waals surface area contributed by atoms with Gasteiger partial charge in [-0.25, -0.2) is 0 Å². The topological polar surface area (TPSA) is 0 Å². The zero-order valence-corrected chi connectivity index (χ0v) is 9.88. The molecule has 14 heavy (non-hydrogen) atoms. The molecule has 0 N–H and O–H groups in total. The Morgan fingerprint density at radius 1 is 1.14 bits per heavy atom. The maximum atomic E-state index is 3.72. The number of nitrogens with zero attached hydrogens (tertiary/aromatic N) is 1. The standard InChI is InChI=1S/C12H18N.ClH/c1-5-6-11-7-9-12(10-8-11)13(2,3)4;/h5,7-10H,1,6H2,2-4H3;1H/q+1;/p-1. The number of rotatable bonds is 3. The van der Waals surface area contributed by atoms with Crippen molar-refractivity contribution in [2.45, 2.75) is 6.42 Å². The number of allylic oxidation sites excluding steroid dienone is 1. The molecule has 0 aromatic heterocycles. The van der Waals surface area contributed by atoms with Crippen molar-refractivity contribution in [1.29, 1.82) is 0 Å². The van der Waals surface area contributed by atoms with Crippen LogP contribution in [0, 0.1) is 0 Å². The molecule has 0 spiro atoms. The number of hydrogen-bond acceptors (Lipinski definition) is 0. The summed E-state index contributed by atoms with van der Waals surface area (Å²) in [6.07, 6.45) is 2.89. The second-order valence-electron chi connectivity index (χ2n) is 4.17. The molecule has 0 aliphatic heterocycles. The Morgan fingerprint density at radius 2 is 1.64 bits per heavy atom. The van der Waals surface area contributed by atoms with Gasteiger partial charge in [-0.2, -0.15) is 0 Å². The lowest BCUT2D eigenvalue weighted by Gasteiger charge is -2.23. The van der Waals surface area contributed by atoms with Gasteiger partial charge in [0.2, 0.25) is 0 Å². The van der Waals surface area contributed by atoms with Crippen LogP contribution < -0.4 is 16.9 Å². The second kappa shape index (κ2) is 5.18. The third-order valence-electron chi connectivity index (χ3n) is 2.09. The molecule has 1 aromatic rings. The van der Waals surface area contributed by atoms with Crippen molar-refractivity contribution in [2.24, 2.45) is 0 Å². The predicted octanol–water partition coefficient (Wildman–Crippen LogP) is -0.384. The first-order valence-electron chi connectivity index (χ1n) is 4.56. The zero-order chi connectivity index (χ0) is 9.90. The molecule has 78 valence electrons. The number of benzene rings is 1. The first kappa shape index (κ1) is 13.2. The molecule has 2 heteroatoms. The highest BCUT2D eigenvalue weighted by Gasteiger charge is 2.10. The van der Waals surface area contributed by atoms with Crippen molar-refractivity contribution in [3.63, 3.8) is 0 Å². The van der Waals surface area contributed by atoms with E-state index in [1.54, 1.807) is 0 Å². The van der Waals surface area contributed by atoms with Crippen LogP contribution in [0.5, 0.6) is 0 Å². The van der Waals surface area contributed by atoms with E-state index in [-0.39, 0.29) is 12.4 Å². The fourth-order valence-electron chi connectivity index (χ4n) is 1.25. The van der Waals surface area contributed by atoms with Crippen LogP contribution in [0.25, 0.3) is 0 Å². The van der Waals surface area contributed by atoms with E-state index in [2.05, 4.69) is 52.0 Å². The van der Waals surface area contributed by atoms with Gasteiger partial charge < -0.3 is 12.4 Å². The van der Waals surface area contributed by atoms with Crippen LogP contribution in [0.1, 0.15) is 5.56 Å². The lowest BCUT2D eigenvalue weighted by molar-refractivity contribution is -0.00000299. The van der Waals surface area contributed by atoms with E-state index in [0.717, 1.165) is 10.9 Å². The summed E-state index contributed by atoms with van der Waals surface area (Å²) in [5, 5.41) is 0. The summed E-state index contributed by atoms with van der Waals surface area (Å²) in [4.78, 5) is 0. The summed E-state index contributed by atoms with van der Waals surface area (Å²) in [5.74, 6) is 0. The molecule has 0 heterocycles. The third-order valence-corrected chi connectivity index (χ3v) is 2.09. The summed E-state index contributed by atoms with van der Waals surface area (Å²) in [7, 11) is 6.51. The first-order valence-corrected chi connectivity index (χ1v) is 4.56. The highest BCUT2D eigenvalue weighted by molar-refractivity contribution is 5.43. The molecule has 0 bridgehead atoms. The fraction of sp³-hybridized carbons (Fsp3) is 0.333. The number of hydrogen-bond donors (Lipinski definition) is 0. The second-order valence-corrected chi connectivity index (χ2v) is 4.17. The number of halogens is 1. The van der Waals surface area contributed by atoms with Crippen molar-refractivity contribution in [1.82, 2.24) is 4.48 Å². The average molecular weight is 212 g/mol. The third kappa shape index (κ3) is 3.52.